The number of hydrogen-bond acceptors (Lipinski definition) is 6. The molecule has 0 aromatic heterocycles. The molecule has 38 heavy (non-hydrogen) atoms. The minimum Gasteiger partial charge on any atom is -0.388 e. The molecular formula is C32H51NO5. The van der Waals surface area contributed by atoms with Crippen molar-refractivity contribution in [3.63, 3.8) is 0 Å². The van der Waals surface area contributed by atoms with E-state index in [1.54, 1.807) is 6.92 Å². The van der Waals surface area contributed by atoms with Gasteiger partial charge >= 0.3 is 0 Å². The number of nitrogens with zero attached hydrogens (tertiary/aromatic N) is 1. The van der Waals surface area contributed by atoms with Crippen molar-refractivity contribution < 1.29 is 24.8 Å². The predicted molar refractivity (Wildman–Crippen MR) is 148 cm³/mol. The SMILES string of the molecule is CC1=N[C@H]([C@@H](C)[C@H]2CC[C@H]3[C@@H]4CC=C5C[C@@H](O[C@@H]6O[C@H](C)[C@@H](O)[C@H](O)[C@H]6O)CC[C@]5(C)[C@H]4CC[C@@]23C)CC1. The van der Waals surface area contributed by atoms with E-state index in [1.165, 1.54) is 56.2 Å². The van der Waals surface area contributed by atoms with E-state index in [0.717, 1.165) is 42.9 Å². The fourth-order valence-electron chi connectivity index (χ4n) is 10.4. The van der Waals surface area contributed by atoms with Crippen molar-refractivity contribution in [3.05, 3.63) is 11.6 Å². The number of rotatable bonds is 4. The largest absolute Gasteiger partial charge is 0.388 e. The van der Waals surface area contributed by atoms with Gasteiger partial charge in [0.15, 0.2) is 6.29 Å². The van der Waals surface area contributed by atoms with E-state index in [0.29, 0.717) is 17.4 Å². The van der Waals surface area contributed by atoms with Crippen LogP contribution in [0.4, 0.5) is 0 Å². The van der Waals surface area contributed by atoms with Crippen molar-refractivity contribution in [2.24, 2.45) is 45.4 Å². The highest BCUT2D eigenvalue weighted by atomic mass is 16.7. The smallest absolute Gasteiger partial charge is 0.186 e. The van der Waals surface area contributed by atoms with Crippen molar-refractivity contribution in [3.8, 4) is 0 Å². The second-order valence-electron chi connectivity index (χ2n) is 14.5. The zero-order valence-corrected chi connectivity index (χ0v) is 24.2. The standard InChI is InChI=1S/C32H51NO5/c1-17-6-11-26(33-17)18(2)23-9-10-24-22-8-7-20-16-21(38-30-29(36)28(35)27(34)19(3)37-30)12-14-31(20,4)25(22)13-15-32(23,24)5/h7,18-19,21-30,34-36H,6,8-16H2,1-5H3/t18-,19+,21-,22-,23+,24-,25-,26-,27+,28-,29+,30-,31-,32-/m0/s1. The Morgan fingerprint density at radius 1 is 1.00 bits per heavy atom. The van der Waals surface area contributed by atoms with Crippen LogP contribution in [0.5, 0.6) is 0 Å². The number of fused-ring (bicyclic) bond motifs is 5. The van der Waals surface area contributed by atoms with Gasteiger partial charge in [0.25, 0.3) is 0 Å². The molecule has 6 nitrogen and oxygen atoms in total. The van der Waals surface area contributed by atoms with Crippen molar-refractivity contribution in [1.82, 2.24) is 0 Å². The molecule has 2 aliphatic heterocycles. The molecule has 2 heterocycles. The zero-order chi connectivity index (χ0) is 27.0. The molecule has 0 bridgehead atoms. The van der Waals surface area contributed by atoms with E-state index in [1.807, 2.05) is 0 Å². The molecule has 0 unspecified atom stereocenters. The molecule has 6 aliphatic rings. The van der Waals surface area contributed by atoms with Gasteiger partial charge in [0, 0.05) is 5.71 Å². The summed E-state index contributed by atoms with van der Waals surface area (Å²) < 4.78 is 12.0. The zero-order valence-electron chi connectivity index (χ0n) is 24.2. The minimum atomic E-state index is -1.24. The van der Waals surface area contributed by atoms with E-state index in [9.17, 15) is 15.3 Å². The highest BCUT2D eigenvalue weighted by Crippen LogP contribution is 2.67. The Hall–Kier alpha value is -0.790. The minimum absolute atomic E-state index is 0.0267. The fourth-order valence-corrected chi connectivity index (χ4v) is 10.4. The Labute approximate surface area is 229 Å². The van der Waals surface area contributed by atoms with Crippen LogP contribution < -0.4 is 0 Å². The third-order valence-electron chi connectivity index (χ3n) is 12.7. The summed E-state index contributed by atoms with van der Waals surface area (Å²) in [4.78, 5) is 5.06. The van der Waals surface area contributed by atoms with E-state index >= 15 is 0 Å². The Balaban J connectivity index is 1.15. The lowest BCUT2D eigenvalue weighted by Crippen LogP contribution is -2.58. The molecule has 1 saturated heterocycles. The molecule has 3 saturated carbocycles. The summed E-state index contributed by atoms with van der Waals surface area (Å²) in [5.74, 6) is 3.84. The summed E-state index contributed by atoms with van der Waals surface area (Å²) in [6, 6.07) is 0.540. The van der Waals surface area contributed by atoms with Crippen molar-refractivity contribution in [1.29, 1.82) is 0 Å². The molecule has 4 aliphatic carbocycles. The molecule has 6 heteroatoms. The molecule has 0 spiro atoms. The van der Waals surface area contributed by atoms with Gasteiger partial charge in [-0.1, -0.05) is 32.4 Å². The van der Waals surface area contributed by atoms with Gasteiger partial charge in [0.1, 0.15) is 18.3 Å². The Morgan fingerprint density at radius 2 is 1.79 bits per heavy atom. The molecule has 214 valence electrons. The van der Waals surface area contributed by atoms with Crippen LogP contribution >= 0.6 is 0 Å². The van der Waals surface area contributed by atoms with Crippen LogP contribution in [0.3, 0.4) is 0 Å². The summed E-state index contributed by atoms with van der Waals surface area (Å²) in [5, 5.41) is 30.7. The van der Waals surface area contributed by atoms with Crippen LogP contribution in [0.2, 0.25) is 0 Å². The topological polar surface area (TPSA) is 91.5 Å². The quantitative estimate of drug-likeness (QED) is 0.444. The molecule has 0 aromatic carbocycles. The van der Waals surface area contributed by atoms with Crippen LogP contribution in [0.25, 0.3) is 0 Å². The van der Waals surface area contributed by atoms with Crippen LogP contribution in [-0.4, -0.2) is 63.9 Å². The maximum Gasteiger partial charge on any atom is 0.186 e. The number of hydrogen-bond donors (Lipinski definition) is 3. The molecular weight excluding hydrogens is 478 g/mol. The first kappa shape index (κ1) is 27.4. The number of aliphatic imine (C=N–C) groups is 1. The summed E-state index contributed by atoms with van der Waals surface area (Å²) >= 11 is 0. The normalized spacial score (nSPS) is 53.4. The molecule has 0 aromatic rings. The average molecular weight is 530 g/mol. The van der Waals surface area contributed by atoms with Crippen LogP contribution in [0.1, 0.15) is 98.8 Å². The van der Waals surface area contributed by atoms with Gasteiger partial charge in [-0.15, -0.1) is 0 Å². The van der Waals surface area contributed by atoms with E-state index < -0.39 is 30.7 Å². The second kappa shape index (κ2) is 9.94. The molecule has 14 atom stereocenters. The molecule has 3 N–H and O–H groups in total. The predicted octanol–water partition coefficient (Wildman–Crippen LogP) is 5.04. The van der Waals surface area contributed by atoms with Gasteiger partial charge in [-0.3, -0.25) is 4.99 Å². The first-order valence-electron chi connectivity index (χ1n) is 15.6. The van der Waals surface area contributed by atoms with Crippen molar-refractivity contribution in [2.45, 2.75) is 142 Å². The Bertz CT molecular complexity index is 965. The lowest BCUT2D eigenvalue weighted by Gasteiger charge is -2.58. The summed E-state index contributed by atoms with van der Waals surface area (Å²) in [6.45, 7) is 11.6. The van der Waals surface area contributed by atoms with Crippen molar-refractivity contribution >= 4 is 5.71 Å². The van der Waals surface area contributed by atoms with Gasteiger partial charge in [-0.2, -0.15) is 0 Å². The third kappa shape index (κ3) is 4.27. The van der Waals surface area contributed by atoms with Crippen molar-refractivity contribution in [2.75, 3.05) is 0 Å². The van der Waals surface area contributed by atoms with Crippen LogP contribution in [0, 0.1) is 40.4 Å². The number of aliphatic hydroxyl groups is 3. The second-order valence-corrected chi connectivity index (χ2v) is 14.5. The number of ether oxygens (including phenoxy) is 2. The van der Waals surface area contributed by atoms with Gasteiger partial charge in [0.05, 0.1) is 18.2 Å². The summed E-state index contributed by atoms with van der Waals surface area (Å²) in [6.07, 6.45) is 9.51. The fraction of sp³-hybridized carbons (Fsp3) is 0.906. The summed E-state index contributed by atoms with van der Waals surface area (Å²) in [7, 11) is 0. The van der Waals surface area contributed by atoms with Gasteiger partial charge in [-0.05, 0) is 118 Å². The van der Waals surface area contributed by atoms with E-state index in [4.69, 9.17) is 14.5 Å². The molecule has 0 radical (unpaired) electrons. The third-order valence-corrected chi connectivity index (χ3v) is 12.7. The summed E-state index contributed by atoms with van der Waals surface area (Å²) in [5.41, 5.74) is 3.58. The van der Waals surface area contributed by atoms with Crippen LogP contribution in [0.15, 0.2) is 16.6 Å². The highest BCUT2D eigenvalue weighted by Gasteiger charge is 2.60. The first-order chi connectivity index (χ1) is 18.0. The Kier molecular flexibility index (Phi) is 7.16. The number of aliphatic hydroxyl groups excluding tert-OH is 3. The van der Waals surface area contributed by atoms with Crippen LogP contribution in [-0.2, 0) is 9.47 Å². The molecule has 6 rings (SSSR count). The van der Waals surface area contributed by atoms with Gasteiger partial charge in [-0.25, -0.2) is 0 Å². The average Bonchev–Trinajstić information content (AvgIpc) is 3.48. The molecule has 4 fully saturated rings. The first-order valence-corrected chi connectivity index (χ1v) is 15.6. The Morgan fingerprint density at radius 3 is 2.53 bits per heavy atom. The monoisotopic (exact) mass is 529 g/mol. The highest BCUT2D eigenvalue weighted by molar-refractivity contribution is 5.83. The van der Waals surface area contributed by atoms with Gasteiger partial charge < -0.3 is 24.8 Å². The van der Waals surface area contributed by atoms with Gasteiger partial charge in [0.2, 0.25) is 0 Å². The lowest BCUT2D eigenvalue weighted by atomic mass is 9.47. The maximum absolute atomic E-state index is 10.5. The molecule has 0 amide bonds. The van der Waals surface area contributed by atoms with E-state index in [-0.39, 0.29) is 11.5 Å². The lowest BCUT2D eigenvalue weighted by molar-refractivity contribution is -0.305. The maximum atomic E-state index is 10.5. The number of allylic oxidation sites excluding steroid dienone is 1. The van der Waals surface area contributed by atoms with E-state index in [2.05, 4.69) is 33.8 Å².